The van der Waals surface area contributed by atoms with E-state index in [9.17, 15) is 19.2 Å². The van der Waals surface area contributed by atoms with Gasteiger partial charge in [0.15, 0.2) is 35.2 Å². The molecule has 2 aromatic heterocycles. The first-order valence-corrected chi connectivity index (χ1v) is 15.5. The minimum absolute atomic E-state index is 0.0584. The number of benzene rings is 1. The number of esters is 1. The molecule has 3 heterocycles. The maximum Gasteiger partial charge on any atom is 0.425 e. The van der Waals surface area contributed by atoms with E-state index in [1.165, 1.54) is 17.8 Å². The third-order valence-electron chi connectivity index (χ3n) is 6.92. The number of halogens is 2. The highest BCUT2D eigenvalue weighted by Crippen LogP contribution is 2.39. The molecular weight excluding hydrogens is 653 g/mol. The van der Waals surface area contributed by atoms with Crippen LogP contribution in [0.5, 0.6) is 0 Å². The van der Waals surface area contributed by atoms with Gasteiger partial charge < -0.3 is 23.7 Å². The van der Waals surface area contributed by atoms with Crippen molar-refractivity contribution < 1.29 is 47.3 Å². The average molecular weight is 692 g/mol. The van der Waals surface area contributed by atoms with Crippen LogP contribution in [0, 0.1) is 5.92 Å². The summed E-state index contributed by atoms with van der Waals surface area (Å²) in [5.74, 6) is -2.61. The molecule has 5 atom stereocenters. The molecule has 0 radical (unpaired) electrons. The molecule has 14 nitrogen and oxygen atoms in total. The summed E-state index contributed by atoms with van der Waals surface area (Å²) in [4.78, 5) is 64.6. The number of aromatic nitrogens is 4. The van der Waals surface area contributed by atoms with Gasteiger partial charge in [0, 0.05) is 5.92 Å². The van der Waals surface area contributed by atoms with Crippen LogP contribution in [0.2, 0.25) is 5.28 Å². The Kier molecular flexibility index (Phi) is 11.1. The van der Waals surface area contributed by atoms with Gasteiger partial charge in [-0.2, -0.15) is 14.9 Å². The summed E-state index contributed by atoms with van der Waals surface area (Å²) in [5.41, 5.74) is -1.44. The van der Waals surface area contributed by atoms with Crippen LogP contribution in [-0.2, 0) is 39.9 Å². The van der Waals surface area contributed by atoms with E-state index in [2.05, 4.69) is 15.0 Å². The predicted octanol–water partition coefficient (Wildman–Crippen LogP) is 5.75. The number of alkyl halides is 1. The minimum atomic E-state index is -1.65. The first-order chi connectivity index (χ1) is 22.4. The largest absolute Gasteiger partial charge is 0.459 e. The number of hydrogen-bond acceptors (Lipinski definition) is 12. The number of imidazole rings is 1. The van der Waals surface area contributed by atoms with Crippen LogP contribution in [0.4, 0.5) is 19.8 Å². The van der Waals surface area contributed by atoms with E-state index >= 15 is 4.39 Å². The summed E-state index contributed by atoms with van der Waals surface area (Å²) in [5, 5.41) is -0.393. The van der Waals surface area contributed by atoms with Gasteiger partial charge in [-0.05, 0) is 65.6 Å². The number of fused-ring (bicyclic) bond motifs is 1. The predicted molar refractivity (Wildman–Crippen MR) is 170 cm³/mol. The lowest BCUT2D eigenvalue weighted by Crippen LogP contribution is -2.44. The molecule has 0 bridgehead atoms. The number of amides is 2. The van der Waals surface area contributed by atoms with Crippen molar-refractivity contribution in [3.8, 4) is 0 Å². The highest BCUT2D eigenvalue weighted by molar-refractivity contribution is 6.29. The summed E-state index contributed by atoms with van der Waals surface area (Å²) in [6, 6.07) is 8.91. The van der Waals surface area contributed by atoms with Crippen molar-refractivity contribution in [1.29, 1.82) is 0 Å². The fraction of sp³-hybridized carbons (Fsp3) is 0.531. The third kappa shape index (κ3) is 8.82. The van der Waals surface area contributed by atoms with Gasteiger partial charge in [0.25, 0.3) is 0 Å². The Morgan fingerprint density at radius 3 is 2.19 bits per heavy atom. The second-order valence-corrected chi connectivity index (χ2v) is 13.6. The Morgan fingerprint density at radius 1 is 1.02 bits per heavy atom. The number of hydrogen-bond donors (Lipinski definition) is 0. The van der Waals surface area contributed by atoms with Crippen LogP contribution in [0.3, 0.4) is 0 Å². The lowest BCUT2D eigenvalue weighted by atomic mass is 10.0. The first kappa shape index (κ1) is 36.6. The van der Waals surface area contributed by atoms with Crippen LogP contribution in [0.25, 0.3) is 11.2 Å². The lowest BCUT2D eigenvalue weighted by molar-refractivity contribution is -0.165. The number of ketones is 1. The number of Topliss-reactive ketones (excluding diaryl/α,β-unsaturated/α-hetero) is 1. The highest BCUT2D eigenvalue weighted by Gasteiger charge is 2.45. The van der Waals surface area contributed by atoms with Gasteiger partial charge in [0.1, 0.15) is 17.8 Å². The van der Waals surface area contributed by atoms with Crippen molar-refractivity contribution >= 4 is 52.5 Å². The monoisotopic (exact) mass is 691 g/mol. The maximum absolute atomic E-state index is 15.8. The van der Waals surface area contributed by atoms with E-state index in [1.807, 2.05) is 6.07 Å². The van der Waals surface area contributed by atoms with Gasteiger partial charge in [0.05, 0.1) is 19.0 Å². The summed E-state index contributed by atoms with van der Waals surface area (Å²) in [6.45, 7) is 12.1. The Labute approximate surface area is 281 Å². The zero-order chi connectivity index (χ0) is 35.6. The lowest BCUT2D eigenvalue weighted by Gasteiger charge is -2.28. The fourth-order valence-electron chi connectivity index (χ4n) is 4.68. The molecule has 48 heavy (non-hydrogen) atoms. The zero-order valence-corrected chi connectivity index (χ0v) is 28.7. The van der Waals surface area contributed by atoms with Crippen molar-refractivity contribution in [1.82, 2.24) is 19.5 Å². The summed E-state index contributed by atoms with van der Waals surface area (Å²) < 4.78 is 44.8. The third-order valence-corrected chi connectivity index (χ3v) is 7.09. The molecule has 0 N–H and O–H groups in total. The molecule has 0 saturated carbocycles. The second kappa shape index (κ2) is 14.5. The van der Waals surface area contributed by atoms with Crippen molar-refractivity contribution in [2.75, 3.05) is 11.5 Å². The summed E-state index contributed by atoms with van der Waals surface area (Å²) in [7, 11) is 0. The molecule has 1 aromatic carbocycles. The minimum Gasteiger partial charge on any atom is -0.459 e. The SMILES string of the molecule is CC(=O)C(OC[C@H]1O[C@@H](n2cnc3c(N(C(=O)OC(C)(C)C)C(=O)OC(C)(C)C)nc(Cl)nc32)[C@@H](F)[C@@H]1C)C(=O)OCc1ccccc1. The normalized spacial score (nSPS) is 20.3. The fourth-order valence-corrected chi connectivity index (χ4v) is 4.84. The molecule has 2 amide bonds. The van der Waals surface area contributed by atoms with E-state index in [0.717, 1.165) is 5.56 Å². The topological polar surface area (TPSA) is 161 Å². The molecule has 1 fully saturated rings. The van der Waals surface area contributed by atoms with E-state index in [-0.39, 0.29) is 30.2 Å². The molecule has 0 spiro atoms. The molecular formula is C32H39ClFN5O9. The van der Waals surface area contributed by atoms with Gasteiger partial charge in [-0.25, -0.2) is 23.8 Å². The van der Waals surface area contributed by atoms with E-state index in [0.29, 0.717) is 4.90 Å². The Hall–Kier alpha value is -4.21. The van der Waals surface area contributed by atoms with E-state index in [4.69, 9.17) is 35.3 Å². The van der Waals surface area contributed by atoms with Crippen LogP contribution in [0.15, 0.2) is 36.7 Å². The van der Waals surface area contributed by atoms with Crippen LogP contribution < -0.4 is 4.90 Å². The van der Waals surface area contributed by atoms with Gasteiger partial charge in [0.2, 0.25) is 11.4 Å². The molecule has 1 unspecified atom stereocenters. The smallest absolute Gasteiger partial charge is 0.425 e. The number of anilines is 1. The quantitative estimate of drug-likeness (QED) is 0.116. The van der Waals surface area contributed by atoms with Gasteiger partial charge in [-0.15, -0.1) is 0 Å². The molecule has 4 rings (SSSR count). The second-order valence-electron chi connectivity index (χ2n) is 13.2. The molecule has 16 heteroatoms. The number of carbonyl (C=O) groups is 4. The zero-order valence-electron chi connectivity index (χ0n) is 27.9. The van der Waals surface area contributed by atoms with Gasteiger partial charge in [-0.3, -0.25) is 9.36 Å². The van der Waals surface area contributed by atoms with Crippen molar-refractivity contribution in [2.24, 2.45) is 5.92 Å². The first-order valence-electron chi connectivity index (χ1n) is 15.1. The standard InChI is InChI=1S/C32H39ClFN5O9/c1-17-20(15-44-23(18(2)40)27(41)45-14-19-12-10-9-11-13-19)46-26(21(17)34)38-16-35-22-24(38)36-28(33)37-25(22)39(29(42)47-31(3,4)5)30(43)48-32(6,7)8/h9-13,16-17,20-21,23,26H,14-15H2,1-8H3/t17-,20-,21+,23?,26-/m1/s1. The molecule has 1 aliphatic heterocycles. The Bertz CT molecular complexity index is 1630. The highest BCUT2D eigenvalue weighted by atomic mass is 35.5. The van der Waals surface area contributed by atoms with Crippen molar-refractivity contribution in [3.05, 3.63) is 47.5 Å². The van der Waals surface area contributed by atoms with E-state index in [1.54, 1.807) is 72.7 Å². The average Bonchev–Trinajstić information content (AvgIpc) is 3.50. The molecule has 3 aromatic rings. The van der Waals surface area contributed by atoms with E-state index < -0.39 is 71.0 Å². The van der Waals surface area contributed by atoms with Gasteiger partial charge in [-0.1, -0.05) is 37.3 Å². The number of rotatable bonds is 9. The van der Waals surface area contributed by atoms with Crippen LogP contribution in [-0.4, -0.2) is 79.6 Å². The number of ether oxygens (including phenoxy) is 5. The Balaban J connectivity index is 1.58. The maximum atomic E-state index is 15.8. The molecule has 1 aliphatic rings. The number of carbonyl (C=O) groups excluding carboxylic acids is 4. The van der Waals surface area contributed by atoms with Gasteiger partial charge >= 0.3 is 18.2 Å². The molecule has 260 valence electrons. The summed E-state index contributed by atoms with van der Waals surface area (Å²) in [6.07, 6.45) is -6.46. The summed E-state index contributed by atoms with van der Waals surface area (Å²) >= 11 is 6.26. The number of nitrogens with zero attached hydrogens (tertiary/aromatic N) is 5. The molecule has 0 aliphatic carbocycles. The van der Waals surface area contributed by atoms with Crippen LogP contribution >= 0.6 is 11.6 Å². The Morgan fingerprint density at radius 2 is 1.62 bits per heavy atom. The number of imide groups is 1. The van der Waals surface area contributed by atoms with Crippen molar-refractivity contribution in [3.63, 3.8) is 0 Å². The van der Waals surface area contributed by atoms with Crippen LogP contribution in [0.1, 0.15) is 67.2 Å². The van der Waals surface area contributed by atoms with Crippen molar-refractivity contribution in [2.45, 2.75) is 97.8 Å². The molecule has 1 saturated heterocycles.